The molecule has 0 aliphatic rings. The van der Waals surface area contributed by atoms with Gasteiger partial charge in [0.05, 0.1) is 4.47 Å². The van der Waals surface area contributed by atoms with E-state index in [4.69, 9.17) is 17.0 Å². The van der Waals surface area contributed by atoms with Crippen molar-refractivity contribution in [3.63, 3.8) is 0 Å². The lowest BCUT2D eigenvalue weighted by molar-refractivity contribution is -0.0193. The Morgan fingerprint density at radius 3 is 2.37 bits per heavy atom. The maximum absolute atomic E-state index is 5.87. The first-order valence-electron chi connectivity index (χ1n) is 6.59. The molecule has 0 saturated carbocycles. The molecule has 0 saturated heterocycles. The number of rotatable bonds is 4. The average Bonchev–Trinajstić information content (AvgIpc) is 2.27. The van der Waals surface area contributed by atoms with Gasteiger partial charge in [-0.3, -0.25) is 0 Å². The monoisotopic (exact) mass is 346 g/mol. The van der Waals surface area contributed by atoms with Crippen molar-refractivity contribution in [3.8, 4) is 0 Å². The van der Waals surface area contributed by atoms with Crippen molar-refractivity contribution in [2.45, 2.75) is 53.6 Å². The molecule has 0 amide bonds. The lowest BCUT2D eigenvalue weighted by Crippen LogP contribution is -2.24. The molecule has 1 rings (SSSR count). The van der Waals surface area contributed by atoms with Crippen LogP contribution >= 0.6 is 28.1 Å². The van der Waals surface area contributed by atoms with Crippen LogP contribution in [0.2, 0.25) is 0 Å². The van der Waals surface area contributed by atoms with Crippen LogP contribution in [0.15, 0.2) is 4.47 Å². The van der Waals surface area contributed by atoms with Crippen LogP contribution < -0.4 is 0 Å². The third kappa shape index (κ3) is 4.10. The van der Waals surface area contributed by atoms with E-state index in [-0.39, 0.29) is 11.5 Å². The molecule has 5 heteroatoms. The fourth-order valence-electron chi connectivity index (χ4n) is 1.92. The first-order valence-corrected chi connectivity index (χ1v) is 7.79. The number of hydrogen-bond donors (Lipinski definition) is 1. The Morgan fingerprint density at radius 2 is 1.95 bits per heavy atom. The van der Waals surface area contributed by atoms with Crippen LogP contribution in [0, 0.1) is 10.1 Å². The summed E-state index contributed by atoms with van der Waals surface area (Å²) in [5, 5.41) is 0. The lowest BCUT2D eigenvalue weighted by atomic mass is 9.88. The highest BCUT2D eigenvalue weighted by molar-refractivity contribution is 9.10. The molecule has 0 aliphatic carbocycles. The Hall–Kier alpha value is -0.260. The Labute approximate surface area is 129 Å². The lowest BCUT2D eigenvalue weighted by Gasteiger charge is -2.30. The second kappa shape index (κ2) is 6.46. The van der Waals surface area contributed by atoms with Gasteiger partial charge in [-0.25, -0.2) is 4.98 Å². The summed E-state index contributed by atoms with van der Waals surface area (Å²) in [5.74, 6) is 1.16. The zero-order valence-electron chi connectivity index (χ0n) is 12.5. The van der Waals surface area contributed by atoms with E-state index < -0.39 is 0 Å². The van der Waals surface area contributed by atoms with Gasteiger partial charge in [0, 0.05) is 12.3 Å². The summed E-state index contributed by atoms with van der Waals surface area (Å²) in [5.41, 5.74) is 1.03. The number of aromatic nitrogens is 2. The number of halogens is 1. The number of aromatic amines is 1. The molecule has 0 bridgehead atoms. The quantitative estimate of drug-likeness (QED) is 0.766. The topological polar surface area (TPSA) is 37.9 Å². The zero-order chi connectivity index (χ0) is 14.8. The largest absolute Gasteiger partial charge is 0.370 e. The third-order valence-electron chi connectivity index (χ3n) is 2.85. The maximum Gasteiger partial charge on any atom is 0.144 e. The predicted octanol–water partition coefficient (Wildman–Crippen LogP) is 5.15. The highest BCUT2D eigenvalue weighted by atomic mass is 79.9. The van der Waals surface area contributed by atoms with E-state index in [2.05, 4.69) is 60.5 Å². The van der Waals surface area contributed by atoms with Crippen LogP contribution in [-0.4, -0.2) is 16.6 Å². The minimum absolute atomic E-state index is 0.0383. The zero-order valence-corrected chi connectivity index (χ0v) is 14.9. The first kappa shape index (κ1) is 16.8. The van der Waals surface area contributed by atoms with Gasteiger partial charge in [-0.05, 0) is 34.2 Å². The van der Waals surface area contributed by atoms with Crippen molar-refractivity contribution in [2.24, 2.45) is 5.41 Å². The smallest absolute Gasteiger partial charge is 0.144 e. The molecular formula is C14H23BrN2OS. The number of nitrogens with one attached hydrogen (secondary N) is 1. The molecule has 108 valence electrons. The van der Waals surface area contributed by atoms with Crippen molar-refractivity contribution >= 4 is 28.1 Å². The fraction of sp³-hybridized carbons (Fsp3) is 0.714. The summed E-state index contributed by atoms with van der Waals surface area (Å²) in [6.45, 7) is 13.3. The predicted molar refractivity (Wildman–Crippen MR) is 85.0 cm³/mol. The molecule has 1 aromatic heterocycles. The molecule has 0 radical (unpaired) electrons. The van der Waals surface area contributed by atoms with E-state index in [9.17, 15) is 0 Å². The molecule has 3 nitrogen and oxygen atoms in total. The molecule has 1 atom stereocenters. The standard InChI is InChI=1S/C14H23BrN2OS/c1-7-18-11(14(4,5)6)12-16-10(8(2)3)9(15)13(19)17-12/h8,11H,7H2,1-6H3,(H,16,17,19). The third-order valence-corrected chi connectivity index (χ3v) is 4.22. The van der Waals surface area contributed by atoms with Crippen LogP contribution in [-0.2, 0) is 4.74 Å². The molecule has 0 aromatic carbocycles. The molecule has 0 fully saturated rings. The van der Waals surface area contributed by atoms with Crippen LogP contribution in [0.3, 0.4) is 0 Å². The number of H-pyrrole nitrogens is 1. The Balaban J connectivity index is 3.36. The fourth-order valence-corrected chi connectivity index (χ4v) is 2.78. The van der Waals surface area contributed by atoms with E-state index in [1.165, 1.54) is 0 Å². The molecule has 1 heterocycles. The second-order valence-corrected chi connectivity index (χ2v) is 7.19. The Kier molecular flexibility index (Phi) is 5.71. The van der Waals surface area contributed by atoms with E-state index in [0.29, 0.717) is 17.2 Å². The SMILES string of the molecule is CCOC(c1nc(=S)c(Br)c(C(C)C)[nH]1)C(C)(C)C. The van der Waals surface area contributed by atoms with Gasteiger partial charge in [-0.15, -0.1) is 0 Å². The molecular weight excluding hydrogens is 324 g/mol. The molecule has 1 unspecified atom stereocenters. The van der Waals surface area contributed by atoms with Gasteiger partial charge in [0.25, 0.3) is 0 Å². The van der Waals surface area contributed by atoms with Gasteiger partial charge in [-0.2, -0.15) is 0 Å². The van der Waals surface area contributed by atoms with Crippen molar-refractivity contribution in [2.75, 3.05) is 6.61 Å². The highest BCUT2D eigenvalue weighted by Crippen LogP contribution is 2.35. The summed E-state index contributed by atoms with van der Waals surface area (Å²) in [6, 6.07) is 0. The molecule has 0 spiro atoms. The molecule has 19 heavy (non-hydrogen) atoms. The van der Waals surface area contributed by atoms with Crippen LogP contribution in [0.4, 0.5) is 0 Å². The number of hydrogen-bond acceptors (Lipinski definition) is 3. The van der Waals surface area contributed by atoms with Crippen molar-refractivity contribution in [1.82, 2.24) is 9.97 Å². The van der Waals surface area contributed by atoms with Gasteiger partial charge < -0.3 is 9.72 Å². The van der Waals surface area contributed by atoms with Crippen molar-refractivity contribution in [3.05, 3.63) is 20.6 Å². The maximum atomic E-state index is 5.87. The van der Waals surface area contributed by atoms with Crippen LogP contribution in [0.25, 0.3) is 0 Å². The number of nitrogens with zero attached hydrogens (tertiary/aromatic N) is 1. The number of ether oxygens (including phenoxy) is 1. The normalized spacial score (nSPS) is 13.9. The van der Waals surface area contributed by atoms with E-state index in [1.54, 1.807) is 0 Å². The highest BCUT2D eigenvalue weighted by Gasteiger charge is 2.29. The summed E-state index contributed by atoms with van der Waals surface area (Å²) < 4.78 is 7.34. The van der Waals surface area contributed by atoms with Gasteiger partial charge >= 0.3 is 0 Å². The second-order valence-electron chi connectivity index (χ2n) is 6.01. The summed E-state index contributed by atoms with van der Waals surface area (Å²) in [4.78, 5) is 7.88. The summed E-state index contributed by atoms with van der Waals surface area (Å²) in [6.07, 6.45) is -0.0928. The van der Waals surface area contributed by atoms with Gasteiger partial charge in [0.2, 0.25) is 0 Å². The van der Waals surface area contributed by atoms with E-state index in [1.807, 2.05) is 6.92 Å². The summed E-state index contributed by atoms with van der Waals surface area (Å²) >= 11 is 8.86. The summed E-state index contributed by atoms with van der Waals surface area (Å²) in [7, 11) is 0. The van der Waals surface area contributed by atoms with Gasteiger partial charge in [0.1, 0.15) is 16.6 Å². The van der Waals surface area contributed by atoms with Crippen molar-refractivity contribution in [1.29, 1.82) is 0 Å². The van der Waals surface area contributed by atoms with E-state index >= 15 is 0 Å². The van der Waals surface area contributed by atoms with Crippen molar-refractivity contribution < 1.29 is 4.74 Å². The molecule has 1 aromatic rings. The van der Waals surface area contributed by atoms with Crippen LogP contribution in [0.1, 0.15) is 65.1 Å². The van der Waals surface area contributed by atoms with E-state index in [0.717, 1.165) is 16.0 Å². The Morgan fingerprint density at radius 1 is 1.37 bits per heavy atom. The average molecular weight is 347 g/mol. The minimum atomic E-state index is -0.0928. The van der Waals surface area contributed by atoms with Crippen LogP contribution in [0.5, 0.6) is 0 Å². The minimum Gasteiger partial charge on any atom is -0.370 e. The first-order chi connectivity index (χ1) is 8.68. The van der Waals surface area contributed by atoms with Gasteiger partial charge in [0.15, 0.2) is 0 Å². The van der Waals surface area contributed by atoms with Gasteiger partial charge in [-0.1, -0.05) is 46.8 Å². The molecule has 0 aliphatic heterocycles. The Bertz CT molecular complexity index is 491. The molecule has 1 N–H and O–H groups in total.